The molecule has 0 unspecified atom stereocenters. The van der Waals surface area contributed by atoms with Crippen LogP contribution in [0.4, 0.5) is 0 Å². The van der Waals surface area contributed by atoms with Crippen molar-refractivity contribution in [1.82, 2.24) is 9.97 Å². The van der Waals surface area contributed by atoms with Crippen LogP contribution in [-0.4, -0.2) is 36.3 Å². The summed E-state index contributed by atoms with van der Waals surface area (Å²) in [4.78, 5) is 13.9. The molecule has 30 heavy (non-hydrogen) atoms. The molecule has 6 heteroatoms. The van der Waals surface area contributed by atoms with Gasteiger partial charge in [-0.15, -0.1) is 11.3 Å². The summed E-state index contributed by atoms with van der Waals surface area (Å²) in [7, 11) is 0. The van der Waals surface area contributed by atoms with Gasteiger partial charge in [0, 0.05) is 4.88 Å². The first-order valence-corrected chi connectivity index (χ1v) is 11.5. The highest BCUT2D eigenvalue weighted by Gasteiger charge is 2.25. The van der Waals surface area contributed by atoms with Gasteiger partial charge in [-0.3, -0.25) is 0 Å². The van der Waals surface area contributed by atoms with Crippen molar-refractivity contribution in [2.75, 3.05) is 26.3 Å². The average Bonchev–Trinajstić information content (AvgIpc) is 3.35. The maximum absolute atomic E-state index is 6.43. The molecule has 0 amide bonds. The number of benzene rings is 2. The fourth-order valence-electron chi connectivity index (χ4n) is 4.56. The van der Waals surface area contributed by atoms with E-state index in [0.717, 1.165) is 73.4 Å². The first kappa shape index (κ1) is 18.2. The summed E-state index contributed by atoms with van der Waals surface area (Å²) in [6.07, 6.45) is 3.46. The number of nitrogens with zero attached hydrogens (tertiary/aromatic N) is 2. The molecule has 1 fully saturated rings. The van der Waals surface area contributed by atoms with Crippen molar-refractivity contribution in [3.8, 4) is 11.6 Å². The van der Waals surface area contributed by atoms with Crippen LogP contribution in [0.2, 0.25) is 0 Å². The van der Waals surface area contributed by atoms with Gasteiger partial charge in [-0.05, 0) is 47.7 Å². The fourth-order valence-corrected chi connectivity index (χ4v) is 5.83. The summed E-state index contributed by atoms with van der Waals surface area (Å²) in [6.45, 7) is 4.44. The Morgan fingerprint density at radius 3 is 2.77 bits per heavy atom. The van der Waals surface area contributed by atoms with Crippen LogP contribution in [0.1, 0.15) is 22.7 Å². The van der Waals surface area contributed by atoms with E-state index >= 15 is 0 Å². The third-order valence-corrected chi connectivity index (χ3v) is 7.31. The van der Waals surface area contributed by atoms with Gasteiger partial charge in [-0.1, -0.05) is 30.3 Å². The van der Waals surface area contributed by atoms with Gasteiger partial charge in [-0.2, -0.15) is 4.98 Å². The van der Waals surface area contributed by atoms with E-state index in [9.17, 15) is 0 Å². The number of morpholine rings is 1. The Kier molecular flexibility index (Phi) is 4.63. The highest BCUT2D eigenvalue weighted by Crippen LogP contribution is 2.41. The van der Waals surface area contributed by atoms with Crippen molar-refractivity contribution < 1.29 is 14.4 Å². The third kappa shape index (κ3) is 3.35. The number of hydrogen-bond acceptors (Lipinski definition) is 5. The Morgan fingerprint density at radius 2 is 1.87 bits per heavy atom. The van der Waals surface area contributed by atoms with Crippen molar-refractivity contribution in [2.24, 2.45) is 0 Å². The first-order chi connectivity index (χ1) is 14.8. The van der Waals surface area contributed by atoms with E-state index in [1.54, 1.807) is 0 Å². The van der Waals surface area contributed by atoms with Crippen LogP contribution >= 0.6 is 11.3 Å². The van der Waals surface area contributed by atoms with Crippen molar-refractivity contribution in [1.29, 1.82) is 0 Å². The summed E-state index contributed by atoms with van der Waals surface area (Å²) in [5, 5.41) is 3.51. The average molecular weight is 419 g/mol. The molecule has 5 nitrogen and oxygen atoms in total. The van der Waals surface area contributed by atoms with E-state index in [1.807, 2.05) is 17.4 Å². The number of hydrogen-bond donors (Lipinski definition) is 1. The number of aromatic nitrogens is 2. The molecule has 1 aliphatic heterocycles. The standard InChI is InChI=1S/C24H23N3O2S/c1-2-5-17-14-18(9-8-16(17)4-1)29-23-22-19-6-3-7-20(19)30-24(22)26-21(25-23)15-27-10-12-28-13-11-27/h1-2,4-5,8-9,14H,3,6-7,10-13,15H2/p+1. The van der Waals surface area contributed by atoms with Crippen molar-refractivity contribution in [2.45, 2.75) is 25.8 Å². The van der Waals surface area contributed by atoms with Crippen LogP contribution in [0.25, 0.3) is 21.0 Å². The van der Waals surface area contributed by atoms with Gasteiger partial charge in [0.15, 0.2) is 5.82 Å². The summed E-state index contributed by atoms with van der Waals surface area (Å²) < 4.78 is 11.9. The summed E-state index contributed by atoms with van der Waals surface area (Å²) in [6, 6.07) is 14.6. The van der Waals surface area contributed by atoms with Crippen molar-refractivity contribution in [3.63, 3.8) is 0 Å². The molecule has 1 saturated heterocycles. The summed E-state index contributed by atoms with van der Waals surface area (Å²) >= 11 is 1.82. The lowest BCUT2D eigenvalue weighted by atomic mass is 10.1. The second-order valence-electron chi connectivity index (χ2n) is 8.13. The zero-order valence-electron chi connectivity index (χ0n) is 16.8. The number of fused-ring (bicyclic) bond motifs is 4. The number of nitrogens with one attached hydrogen (secondary N) is 1. The lowest BCUT2D eigenvalue weighted by Crippen LogP contribution is -3.12. The Labute approximate surface area is 179 Å². The lowest BCUT2D eigenvalue weighted by molar-refractivity contribution is -0.922. The van der Waals surface area contributed by atoms with E-state index in [-0.39, 0.29) is 0 Å². The normalized spacial score (nSPS) is 16.9. The lowest BCUT2D eigenvalue weighted by Gasteiger charge is -2.23. The minimum Gasteiger partial charge on any atom is -0.438 e. The van der Waals surface area contributed by atoms with Crippen LogP contribution in [0, 0.1) is 0 Å². The van der Waals surface area contributed by atoms with Crippen LogP contribution in [0.5, 0.6) is 11.6 Å². The molecule has 2 aromatic carbocycles. The van der Waals surface area contributed by atoms with E-state index in [1.165, 1.54) is 32.5 Å². The SMILES string of the molecule is c1ccc2cc(Oc3nc(C[NH+]4CCOCC4)nc4sc5c(c34)CCC5)ccc2c1. The monoisotopic (exact) mass is 418 g/mol. The molecule has 1 N–H and O–H groups in total. The molecule has 4 aromatic rings. The molecule has 2 aromatic heterocycles. The van der Waals surface area contributed by atoms with Gasteiger partial charge in [-0.25, -0.2) is 4.98 Å². The molecule has 152 valence electrons. The first-order valence-electron chi connectivity index (χ1n) is 10.7. The van der Waals surface area contributed by atoms with Crippen molar-refractivity contribution >= 4 is 32.3 Å². The Balaban J connectivity index is 1.41. The van der Waals surface area contributed by atoms with Crippen molar-refractivity contribution in [3.05, 3.63) is 58.7 Å². The third-order valence-electron chi connectivity index (χ3n) is 6.12. The van der Waals surface area contributed by atoms with Crippen LogP contribution in [-0.2, 0) is 24.1 Å². The molecule has 2 aliphatic rings. The van der Waals surface area contributed by atoms with Gasteiger partial charge >= 0.3 is 0 Å². The number of aryl methyl sites for hydroxylation is 2. The zero-order chi connectivity index (χ0) is 19.9. The topological polar surface area (TPSA) is 48.7 Å². The number of quaternary nitrogens is 1. The molecule has 0 spiro atoms. The second-order valence-corrected chi connectivity index (χ2v) is 9.22. The minimum atomic E-state index is 0.720. The highest BCUT2D eigenvalue weighted by atomic mass is 32.1. The molecule has 6 rings (SSSR count). The van der Waals surface area contributed by atoms with E-state index < -0.39 is 0 Å². The van der Waals surface area contributed by atoms with Gasteiger partial charge in [0.05, 0.1) is 18.6 Å². The van der Waals surface area contributed by atoms with Gasteiger partial charge in [0.2, 0.25) is 5.88 Å². The van der Waals surface area contributed by atoms with Gasteiger partial charge in [0.25, 0.3) is 0 Å². The fraction of sp³-hybridized carbons (Fsp3) is 0.333. The van der Waals surface area contributed by atoms with E-state index in [0.29, 0.717) is 0 Å². The highest BCUT2D eigenvalue weighted by molar-refractivity contribution is 7.19. The van der Waals surface area contributed by atoms with E-state index in [2.05, 4.69) is 36.4 Å². The van der Waals surface area contributed by atoms with Gasteiger partial charge in [0.1, 0.15) is 30.2 Å². The predicted octanol–water partition coefficient (Wildman–Crippen LogP) is 3.54. The van der Waals surface area contributed by atoms with Gasteiger partial charge < -0.3 is 14.4 Å². The largest absolute Gasteiger partial charge is 0.438 e. The van der Waals surface area contributed by atoms with Crippen LogP contribution < -0.4 is 9.64 Å². The quantitative estimate of drug-likeness (QED) is 0.551. The zero-order valence-corrected chi connectivity index (χ0v) is 17.6. The Bertz CT molecular complexity index is 1230. The smallest absolute Gasteiger partial charge is 0.231 e. The molecular weight excluding hydrogens is 394 g/mol. The summed E-state index contributed by atoms with van der Waals surface area (Å²) in [5.74, 6) is 2.42. The predicted molar refractivity (Wildman–Crippen MR) is 119 cm³/mol. The second kappa shape index (κ2) is 7.61. The molecule has 1 aliphatic carbocycles. The molecular formula is C24H24N3O2S+. The molecule has 0 atom stereocenters. The minimum absolute atomic E-state index is 0.720. The van der Waals surface area contributed by atoms with Crippen LogP contribution in [0.15, 0.2) is 42.5 Å². The molecule has 3 heterocycles. The Morgan fingerprint density at radius 1 is 1.00 bits per heavy atom. The van der Waals surface area contributed by atoms with Crippen LogP contribution in [0.3, 0.4) is 0 Å². The summed E-state index contributed by atoms with van der Waals surface area (Å²) in [5.41, 5.74) is 1.40. The van der Waals surface area contributed by atoms with E-state index in [4.69, 9.17) is 19.4 Å². The number of thiophene rings is 1. The molecule has 0 saturated carbocycles. The number of ether oxygens (including phenoxy) is 2. The number of rotatable bonds is 4. The molecule has 0 radical (unpaired) electrons. The maximum Gasteiger partial charge on any atom is 0.231 e. The Hall–Kier alpha value is -2.54. The molecule has 0 bridgehead atoms. The maximum atomic E-state index is 6.43.